The summed E-state index contributed by atoms with van der Waals surface area (Å²) in [5, 5.41) is 2.00. The first-order chi connectivity index (χ1) is 5.33. The van der Waals surface area contributed by atoms with Crippen LogP contribution in [0.2, 0.25) is 0 Å². The summed E-state index contributed by atoms with van der Waals surface area (Å²) < 4.78 is 2.00. The second-order valence-electron chi connectivity index (χ2n) is 2.25. The molecule has 0 bridgehead atoms. The number of aromatic nitrogens is 2. The first-order valence-corrected chi connectivity index (χ1v) is 4.09. The summed E-state index contributed by atoms with van der Waals surface area (Å²) in [6.45, 7) is 1.97. The van der Waals surface area contributed by atoms with Crippen LogP contribution in [0.15, 0.2) is 11.6 Å². The smallest absolute Gasteiger partial charge is 0.195 e. The summed E-state index contributed by atoms with van der Waals surface area (Å²) in [7, 11) is 0. The van der Waals surface area contributed by atoms with Crippen molar-refractivity contribution < 1.29 is 0 Å². The average Bonchev–Trinajstić information content (AvgIpc) is 2.53. The van der Waals surface area contributed by atoms with Crippen LogP contribution >= 0.6 is 11.3 Å². The van der Waals surface area contributed by atoms with Gasteiger partial charge in [-0.3, -0.25) is 4.40 Å². The Balaban J connectivity index is 2.90. The Morgan fingerprint density at radius 2 is 2.55 bits per heavy atom. The number of rotatable bonds is 0. The molecule has 2 aromatic rings. The Hall–Kier alpha value is -1.27. The molecule has 0 atom stereocenters. The molecule has 0 saturated carbocycles. The van der Waals surface area contributed by atoms with Gasteiger partial charge in [0, 0.05) is 11.6 Å². The zero-order valence-corrected chi connectivity index (χ0v) is 6.85. The lowest BCUT2D eigenvalue weighted by Gasteiger charge is -1.85. The lowest BCUT2D eigenvalue weighted by atomic mass is 10.4. The molecule has 0 amide bonds. The maximum absolute atomic E-state index is 5.25. The standard InChI is InChI=1S/C8H6N2S/c1-3-7-6(2)10-4-5-11-8(10)9-7/h1,4-5H,2H3. The van der Waals surface area contributed by atoms with E-state index in [9.17, 15) is 0 Å². The molecular weight excluding hydrogens is 156 g/mol. The van der Waals surface area contributed by atoms with Gasteiger partial charge in [0.25, 0.3) is 0 Å². The van der Waals surface area contributed by atoms with Gasteiger partial charge in [-0.2, -0.15) is 0 Å². The number of hydrogen-bond acceptors (Lipinski definition) is 2. The van der Waals surface area contributed by atoms with Crippen molar-refractivity contribution in [3.63, 3.8) is 0 Å². The van der Waals surface area contributed by atoms with Gasteiger partial charge in [0.2, 0.25) is 0 Å². The number of thiazole rings is 1. The van der Waals surface area contributed by atoms with Crippen LogP contribution in [0.4, 0.5) is 0 Å². The molecule has 0 fully saturated rings. The molecule has 2 heterocycles. The topological polar surface area (TPSA) is 17.3 Å². The van der Waals surface area contributed by atoms with E-state index >= 15 is 0 Å². The molecule has 0 aliphatic heterocycles. The molecule has 3 heteroatoms. The van der Waals surface area contributed by atoms with Gasteiger partial charge < -0.3 is 0 Å². The third kappa shape index (κ3) is 0.765. The highest BCUT2D eigenvalue weighted by Gasteiger charge is 2.04. The molecule has 2 aromatic heterocycles. The van der Waals surface area contributed by atoms with Crippen molar-refractivity contribution in [2.45, 2.75) is 6.92 Å². The first-order valence-electron chi connectivity index (χ1n) is 3.21. The van der Waals surface area contributed by atoms with E-state index in [0.717, 1.165) is 16.3 Å². The Morgan fingerprint density at radius 1 is 1.73 bits per heavy atom. The van der Waals surface area contributed by atoms with Crippen molar-refractivity contribution in [3.05, 3.63) is 23.0 Å². The predicted octanol–water partition coefficient (Wildman–Crippen LogP) is 1.69. The van der Waals surface area contributed by atoms with Crippen molar-refractivity contribution in [1.82, 2.24) is 9.38 Å². The van der Waals surface area contributed by atoms with Crippen LogP contribution in [-0.2, 0) is 0 Å². The number of nitrogens with zero attached hydrogens (tertiary/aromatic N) is 2. The highest BCUT2D eigenvalue weighted by atomic mass is 32.1. The second-order valence-corrected chi connectivity index (χ2v) is 3.12. The summed E-state index contributed by atoms with van der Waals surface area (Å²) in [6.07, 6.45) is 7.23. The lowest BCUT2D eigenvalue weighted by molar-refractivity contribution is 1.13. The third-order valence-electron chi connectivity index (χ3n) is 1.64. The largest absolute Gasteiger partial charge is 0.294 e. The average molecular weight is 162 g/mol. The minimum atomic E-state index is 0.747. The van der Waals surface area contributed by atoms with E-state index in [4.69, 9.17) is 6.42 Å². The first kappa shape index (κ1) is 6.44. The fraction of sp³-hybridized carbons (Fsp3) is 0.125. The highest BCUT2D eigenvalue weighted by molar-refractivity contribution is 7.15. The summed E-state index contributed by atoms with van der Waals surface area (Å²) in [5.74, 6) is 2.55. The molecule has 0 N–H and O–H groups in total. The van der Waals surface area contributed by atoms with Crippen LogP contribution in [0.1, 0.15) is 11.4 Å². The van der Waals surface area contributed by atoms with Gasteiger partial charge in [-0.05, 0) is 12.8 Å². The van der Waals surface area contributed by atoms with Gasteiger partial charge >= 0.3 is 0 Å². The molecule has 2 nitrogen and oxygen atoms in total. The molecule has 0 aliphatic carbocycles. The van der Waals surface area contributed by atoms with E-state index in [1.807, 2.05) is 22.9 Å². The van der Waals surface area contributed by atoms with Crippen molar-refractivity contribution in [2.75, 3.05) is 0 Å². The molecule has 0 saturated heterocycles. The Bertz CT molecular complexity index is 430. The van der Waals surface area contributed by atoms with Crippen LogP contribution in [0.25, 0.3) is 4.96 Å². The molecule has 54 valence electrons. The van der Waals surface area contributed by atoms with Crippen LogP contribution in [0.5, 0.6) is 0 Å². The van der Waals surface area contributed by atoms with Gasteiger partial charge in [-0.15, -0.1) is 17.8 Å². The molecule has 0 radical (unpaired) electrons. The Labute approximate surface area is 68.5 Å². The van der Waals surface area contributed by atoms with Crippen LogP contribution in [-0.4, -0.2) is 9.38 Å². The fourth-order valence-electron chi connectivity index (χ4n) is 1.04. The Kier molecular flexibility index (Phi) is 1.23. The van der Waals surface area contributed by atoms with E-state index in [1.54, 1.807) is 11.3 Å². The SMILES string of the molecule is C#Cc1nc2sccn2c1C. The summed E-state index contributed by atoms with van der Waals surface area (Å²) >= 11 is 1.59. The Morgan fingerprint density at radius 3 is 3.18 bits per heavy atom. The van der Waals surface area contributed by atoms with Gasteiger partial charge in [-0.25, -0.2) is 4.98 Å². The summed E-state index contributed by atoms with van der Waals surface area (Å²) in [5.41, 5.74) is 1.79. The second kappa shape index (κ2) is 2.11. The number of terminal acetylenes is 1. The van der Waals surface area contributed by atoms with Crippen LogP contribution in [0, 0.1) is 19.3 Å². The van der Waals surface area contributed by atoms with Gasteiger partial charge in [0.15, 0.2) is 4.96 Å². The molecule has 2 rings (SSSR count). The number of aryl methyl sites for hydroxylation is 1. The van der Waals surface area contributed by atoms with Crippen molar-refractivity contribution in [1.29, 1.82) is 0 Å². The number of imidazole rings is 1. The lowest BCUT2D eigenvalue weighted by Crippen LogP contribution is -1.81. The molecule has 0 aliphatic rings. The van der Waals surface area contributed by atoms with E-state index in [2.05, 4.69) is 10.9 Å². The number of hydrogen-bond donors (Lipinski definition) is 0. The highest BCUT2D eigenvalue weighted by Crippen LogP contribution is 2.15. The third-order valence-corrected chi connectivity index (χ3v) is 2.39. The normalized spacial score (nSPS) is 10.2. The van der Waals surface area contributed by atoms with Gasteiger partial charge in [0.05, 0.1) is 5.69 Å². The van der Waals surface area contributed by atoms with Gasteiger partial charge in [-0.1, -0.05) is 0 Å². The zero-order chi connectivity index (χ0) is 7.84. The molecule has 0 spiro atoms. The molecule has 0 aromatic carbocycles. The summed E-state index contributed by atoms with van der Waals surface area (Å²) in [6, 6.07) is 0. The fourth-order valence-corrected chi connectivity index (χ4v) is 1.80. The quantitative estimate of drug-likeness (QED) is 0.539. The van der Waals surface area contributed by atoms with Crippen molar-refractivity contribution in [3.8, 4) is 12.3 Å². The number of fused-ring (bicyclic) bond motifs is 1. The van der Waals surface area contributed by atoms with Crippen LogP contribution in [0.3, 0.4) is 0 Å². The van der Waals surface area contributed by atoms with E-state index in [0.29, 0.717) is 0 Å². The maximum Gasteiger partial charge on any atom is 0.195 e. The minimum absolute atomic E-state index is 0.747. The van der Waals surface area contributed by atoms with Crippen molar-refractivity contribution >= 4 is 16.3 Å². The van der Waals surface area contributed by atoms with E-state index in [1.165, 1.54) is 0 Å². The summed E-state index contributed by atoms with van der Waals surface area (Å²) in [4.78, 5) is 5.20. The molecule has 11 heavy (non-hydrogen) atoms. The zero-order valence-electron chi connectivity index (χ0n) is 6.03. The molecule has 0 unspecified atom stereocenters. The maximum atomic E-state index is 5.25. The van der Waals surface area contributed by atoms with E-state index in [-0.39, 0.29) is 0 Å². The van der Waals surface area contributed by atoms with E-state index < -0.39 is 0 Å². The monoisotopic (exact) mass is 162 g/mol. The van der Waals surface area contributed by atoms with Gasteiger partial charge in [0.1, 0.15) is 5.69 Å². The van der Waals surface area contributed by atoms with Crippen LogP contribution < -0.4 is 0 Å². The van der Waals surface area contributed by atoms with Crippen molar-refractivity contribution in [2.24, 2.45) is 0 Å². The molecular formula is C8H6N2S. The predicted molar refractivity (Wildman–Crippen MR) is 45.7 cm³/mol. The minimum Gasteiger partial charge on any atom is -0.294 e.